The van der Waals surface area contributed by atoms with E-state index >= 15 is 0 Å². The molecular formula is C20H18N2O4. The first-order valence-corrected chi connectivity index (χ1v) is 8.29. The van der Waals surface area contributed by atoms with E-state index in [4.69, 9.17) is 9.47 Å². The first kappa shape index (κ1) is 16.2. The molecule has 26 heavy (non-hydrogen) atoms. The standard InChI is InChI=1S/C20H18N2O4/c1-25-13-9-7-12(8-10-13)22-17(20(24)26-2)11-15-14-5-3-4-6-16(14)21-18(15)19(22)23/h3-10,17,21H,11H2,1-2H3/t17-/m0/s1. The van der Waals surface area contributed by atoms with Crippen molar-refractivity contribution in [3.8, 4) is 5.75 Å². The number of ether oxygens (including phenoxy) is 2. The monoisotopic (exact) mass is 350 g/mol. The quantitative estimate of drug-likeness (QED) is 0.737. The lowest BCUT2D eigenvalue weighted by Crippen LogP contribution is -2.50. The fourth-order valence-electron chi connectivity index (χ4n) is 3.51. The van der Waals surface area contributed by atoms with E-state index in [1.165, 1.54) is 12.0 Å². The number of nitrogens with zero attached hydrogens (tertiary/aromatic N) is 1. The number of para-hydroxylation sites is 1. The molecule has 2 aromatic carbocycles. The molecule has 0 unspecified atom stereocenters. The van der Waals surface area contributed by atoms with Crippen molar-refractivity contribution in [2.24, 2.45) is 0 Å². The molecule has 0 bridgehead atoms. The molecule has 0 aliphatic carbocycles. The second-order valence-corrected chi connectivity index (χ2v) is 6.14. The minimum Gasteiger partial charge on any atom is -0.497 e. The maximum atomic E-state index is 13.2. The van der Waals surface area contributed by atoms with E-state index in [1.54, 1.807) is 31.4 Å². The van der Waals surface area contributed by atoms with Gasteiger partial charge >= 0.3 is 5.97 Å². The molecule has 0 saturated carbocycles. The zero-order valence-corrected chi connectivity index (χ0v) is 14.5. The molecule has 0 saturated heterocycles. The van der Waals surface area contributed by atoms with Gasteiger partial charge in [0.1, 0.15) is 17.5 Å². The fourth-order valence-corrected chi connectivity index (χ4v) is 3.51. The summed E-state index contributed by atoms with van der Waals surface area (Å²) in [5.41, 5.74) is 2.87. The minimum absolute atomic E-state index is 0.247. The van der Waals surface area contributed by atoms with Crippen LogP contribution in [0.25, 0.3) is 10.9 Å². The van der Waals surface area contributed by atoms with Gasteiger partial charge in [-0.05, 0) is 35.9 Å². The van der Waals surface area contributed by atoms with E-state index in [1.807, 2.05) is 24.3 Å². The third-order valence-corrected chi connectivity index (χ3v) is 4.78. The Morgan fingerprint density at radius 1 is 1.12 bits per heavy atom. The number of benzene rings is 2. The van der Waals surface area contributed by atoms with Crippen LogP contribution in [0.2, 0.25) is 0 Å². The predicted molar refractivity (Wildman–Crippen MR) is 97.6 cm³/mol. The number of esters is 1. The molecule has 1 amide bonds. The van der Waals surface area contributed by atoms with Gasteiger partial charge in [-0.1, -0.05) is 18.2 Å². The number of hydrogen-bond donors (Lipinski definition) is 1. The van der Waals surface area contributed by atoms with Crippen LogP contribution < -0.4 is 9.64 Å². The molecule has 132 valence electrons. The fraction of sp³-hybridized carbons (Fsp3) is 0.200. The van der Waals surface area contributed by atoms with Crippen LogP contribution in [0.5, 0.6) is 5.75 Å². The number of aromatic amines is 1. The number of anilines is 1. The number of carbonyl (C=O) groups is 2. The van der Waals surface area contributed by atoms with Crippen LogP contribution in [0, 0.1) is 0 Å². The van der Waals surface area contributed by atoms with Crippen LogP contribution in [-0.2, 0) is 16.0 Å². The van der Waals surface area contributed by atoms with Gasteiger partial charge in [0, 0.05) is 23.0 Å². The van der Waals surface area contributed by atoms with Gasteiger partial charge in [0.05, 0.1) is 14.2 Å². The summed E-state index contributed by atoms with van der Waals surface area (Å²) in [5, 5.41) is 0.958. The summed E-state index contributed by atoms with van der Waals surface area (Å²) in [5.74, 6) is -0.00718. The molecule has 1 N–H and O–H groups in total. The minimum atomic E-state index is -0.715. The van der Waals surface area contributed by atoms with E-state index in [0.29, 0.717) is 23.6 Å². The molecule has 4 rings (SSSR count). The number of methoxy groups -OCH3 is 2. The molecule has 1 aliphatic rings. The number of hydrogen-bond acceptors (Lipinski definition) is 4. The Morgan fingerprint density at radius 3 is 2.54 bits per heavy atom. The Labute approximate surface area is 150 Å². The number of amides is 1. The summed E-state index contributed by atoms with van der Waals surface area (Å²) < 4.78 is 10.1. The number of fused-ring (bicyclic) bond motifs is 3. The molecule has 3 aromatic rings. The highest BCUT2D eigenvalue weighted by Gasteiger charge is 2.40. The summed E-state index contributed by atoms with van der Waals surface area (Å²) >= 11 is 0. The largest absolute Gasteiger partial charge is 0.497 e. The number of carbonyl (C=O) groups excluding carboxylic acids is 2. The number of H-pyrrole nitrogens is 1. The Morgan fingerprint density at radius 2 is 1.85 bits per heavy atom. The lowest BCUT2D eigenvalue weighted by atomic mass is 9.95. The van der Waals surface area contributed by atoms with Crippen LogP contribution in [0.3, 0.4) is 0 Å². The molecule has 1 aliphatic heterocycles. The van der Waals surface area contributed by atoms with E-state index in [0.717, 1.165) is 16.5 Å². The van der Waals surface area contributed by atoms with Crippen LogP contribution in [-0.4, -0.2) is 37.1 Å². The van der Waals surface area contributed by atoms with E-state index in [-0.39, 0.29) is 5.91 Å². The van der Waals surface area contributed by atoms with E-state index in [2.05, 4.69) is 4.98 Å². The third kappa shape index (κ3) is 2.42. The average molecular weight is 350 g/mol. The summed E-state index contributed by atoms with van der Waals surface area (Å²) in [7, 11) is 2.92. The summed E-state index contributed by atoms with van der Waals surface area (Å²) in [6.07, 6.45) is 0.393. The molecule has 0 fully saturated rings. The first-order chi connectivity index (χ1) is 12.6. The zero-order chi connectivity index (χ0) is 18.3. The van der Waals surface area contributed by atoms with Gasteiger partial charge in [0.2, 0.25) is 0 Å². The molecule has 1 aromatic heterocycles. The van der Waals surface area contributed by atoms with Gasteiger partial charge in [0.25, 0.3) is 5.91 Å². The van der Waals surface area contributed by atoms with Gasteiger partial charge in [-0.3, -0.25) is 9.69 Å². The molecule has 6 nitrogen and oxygen atoms in total. The van der Waals surface area contributed by atoms with Gasteiger partial charge in [0.15, 0.2) is 0 Å². The molecule has 6 heteroatoms. The van der Waals surface area contributed by atoms with Crippen molar-refractivity contribution in [3.05, 3.63) is 59.8 Å². The highest BCUT2D eigenvalue weighted by molar-refractivity contribution is 6.14. The number of rotatable bonds is 3. The lowest BCUT2D eigenvalue weighted by molar-refractivity contribution is -0.142. The highest BCUT2D eigenvalue weighted by atomic mass is 16.5. The van der Waals surface area contributed by atoms with Crippen molar-refractivity contribution in [2.45, 2.75) is 12.5 Å². The van der Waals surface area contributed by atoms with Crippen LogP contribution in [0.1, 0.15) is 16.1 Å². The van der Waals surface area contributed by atoms with Gasteiger partial charge in [-0.15, -0.1) is 0 Å². The maximum absolute atomic E-state index is 13.2. The maximum Gasteiger partial charge on any atom is 0.329 e. The van der Waals surface area contributed by atoms with Crippen LogP contribution in [0.15, 0.2) is 48.5 Å². The Bertz CT molecular complexity index is 991. The Balaban J connectivity index is 1.85. The second-order valence-electron chi connectivity index (χ2n) is 6.14. The van der Waals surface area contributed by atoms with Gasteiger partial charge < -0.3 is 14.5 Å². The molecule has 0 spiro atoms. The van der Waals surface area contributed by atoms with E-state index < -0.39 is 12.0 Å². The highest BCUT2D eigenvalue weighted by Crippen LogP contribution is 2.34. The van der Waals surface area contributed by atoms with Crippen molar-refractivity contribution >= 4 is 28.5 Å². The molecule has 0 radical (unpaired) electrons. The third-order valence-electron chi connectivity index (χ3n) is 4.78. The smallest absolute Gasteiger partial charge is 0.329 e. The summed E-state index contributed by atoms with van der Waals surface area (Å²) in [6.45, 7) is 0. The topological polar surface area (TPSA) is 71.6 Å². The summed E-state index contributed by atoms with van der Waals surface area (Å²) in [6, 6.07) is 14.0. The second kappa shape index (κ2) is 6.22. The van der Waals surface area contributed by atoms with Gasteiger partial charge in [-0.25, -0.2) is 4.79 Å². The Kier molecular flexibility index (Phi) is 3.88. The van der Waals surface area contributed by atoms with Crippen LogP contribution >= 0.6 is 0 Å². The van der Waals surface area contributed by atoms with Crippen molar-refractivity contribution in [3.63, 3.8) is 0 Å². The van der Waals surface area contributed by atoms with Crippen molar-refractivity contribution in [1.82, 2.24) is 4.98 Å². The van der Waals surface area contributed by atoms with Gasteiger partial charge in [-0.2, -0.15) is 0 Å². The molecular weight excluding hydrogens is 332 g/mol. The first-order valence-electron chi connectivity index (χ1n) is 8.29. The van der Waals surface area contributed by atoms with Crippen LogP contribution in [0.4, 0.5) is 5.69 Å². The Hall–Kier alpha value is -3.28. The lowest BCUT2D eigenvalue weighted by Gasteiger charge is -2.33. The number of nitrogens with one attached hydrogen (secondary N) is 1. The SMILES string of the molecule is COC(=O)[C@@H]1Cc2c([nH]c3ccccc23)C(=O)N1c1ccc(OC)cc1. The predicted octanol–water partition coefficient (Wildman–Crippen LogP) is 2.92. The van der Waals surface area contributed by atoms with Crippen molar-refractivity contribution in [2.75, 3.05) is 19.1 Å². The number of aromatic nitrogens is 1. The molecule has 1 atom stereocenters. The normalized spacial score (nSPS) is 16.5. The van der Waals surface area contributed by atoms with Crippen molar-refractivity contribution < 1.29 is 19.1 Å². The van der Waals surface area contributed by atoms with Crippen molar-refractivity contribution in [1.29, 1.82) is 0 Å². The molecule has 2 heterocycles. The van der Waals surface area contributed by atoms with E-state index in [9.17, 15) is 9.59 Å². The summed E-state index contributed by atoms with van der Waals surface area (Å²) in [4.78, 5) is 30.4. The zero-order valence-electron chi connectivity index (χ0n) is 14.5. The average Bonchev–Trinajstić information content (AvgIpc) is 3.06.